The molecule has 3 rings (SSSR count). The molecule has 1 saturated heterocycles. The van der Waals surface area contributed by atoms with Crippen LogP contribution in [0.15, 0.2) is 16.9 Å². The lowest BCUT2D eigenvalue weighted by molar-refractivity contribution is -0.0356. The van der Waals surface area contributed by atoms with E-state index in [-0.39, 0.29) is 6.10 Å². The molecule has 0 unspecified atom stereocenters. The maximum atomic E-state index is 5.89. The van der Waals surface area contributed by atoms with Gasteiger partial charge in [-0.15, -0.1) is 0 Å². The fraction of sp³-hybridized carbons (Fsp3) is 0.688. The van der Waals surface area contributed by atoms with Gasteiger partial charge in [0, 0.05) is 37.8 Å². The Kier molecular flexibility index (Phi) is 5.07. The van der Waals surface area contributed by atoms with Crippen LogP contribution in [-0.4, -0.2) is 44.5 Å². The highest BCUT2D eigenvalue weighted by Crippen LogP contribution is 2.22. The monoisotopic (exact) mass is 319 g/mol. The topological polar surface area (TPSA) is 69.2 Å². The van der Waals surface area contributed by atoms with Crippen molar-refractivity contribution in [1.29, 1.82) is 0 Å². The molecule has 7 heteroatoms. The van der Waals surface area contributed by atoms with Crippen LogP contribution in [0.3, 0.4) is 0 Å². The van der Waals surface area contributed by atoms with Gasteiger partial charge in [-0.1, -0.05) is 19.0 Å². The van der Waals surface area contributed by atoms with Crippen LogP contribution >= 0.6 is 0 Å². The summed E-state index contributed by atoms with van der Waals surface area (Å²) in [6.07, 6.45) is 4.86. The van der Waals surface area contributed by atoms with E-state index in [0.29, 0.717) is 25.0 Å². The lowest BCUT2D eigenvalue weighted by atomic mass is 10.1. The van der Waals surface area contributed by atoms with E-state index in [2.05, 4.69) is 47.1 Å². The molecular formula is C16H25N5O2. The van der Waals surface area contributed by atoms with Gasteiger partial charge in [-0.25, -0.2) is 0 Å². The molecule has 1 aliphatic heterocycles. The fourth-order valence-corrected chi connectivity index (χ4v) is 2.76. The fourth-order valence-electron chi connectivity index (χ4n) is 2.76. The number of hydrogen-bond acceptors (Lipinski definition) is 6. The minimum absolute atomic E-state index is 0.0575. The number of aromatic nitrogens is 4. The van der Waals surface area contributed by atoms with Crippen LogP contribution in [0.1, 0.15) is 44.2 Å². The Hall–Kier alpha value is -1.73. The summed E-state index contributed by atoms with van der Waals surface area (Å²) in [7, 11) is 0. The van der Waals surface area contributed by atoms with E-state index in [0.717, 1.165) is 37.4 Å². The first-order valence-corrected chi connectivity index (χ1v) is 8.31. The molecular weight excluding hydrogens is 294 g/mol. The molecule has 0 radical (unpaired) electrons. The maximum Gasteiger partial charge on any atom is 0.240 e. The standard InChI is InChI=1S/C16H25N5O2/c1-4-21-9-13(8-17-21)14-10-20(5-6-22-14)11-16-18-15(19-23-16)7-12(2)3/h8-9,12,14H,4-7,10-11H2,1-3H3/t14-/m1/s1. The third-order valence-electron chi connectivity index (χ3n) is 3.96. The number of ether oxygens (including phenoxy) is 1. The number of aryl methyl sites for hydroxylation is 1. The first-order valence-electron chi connectivity index (χ1n) is 8.31. The van der Waals surface area contributed by atoms with Crippen molar-refractivity contribution in [3.05, 3.63) is 29.7 Å². The molecule has 23 heavy (non-hydrogen) atoms. The molecule has 126 valence electrons. The summed E-state index contributed by atoms with van der Waals surface area (Å²) in [6.45, 7) is 10.3. The van der Waals surface area contributed by atoms with Crippen LogP contribution in [0, 0.1) is 5.92 Å². The molecule has 1 fully saturated rings. The Bertz CT molecular complexity index is 622. The first kappa shape index (κ1) is 16.1. The summed E-state index contributed by atoms with van der Waals surface area (Å²) in [5.74, 6) is 2.01. The molecule has 0 aliphatic carbocycles. The van der Waals surface area contributed by atoms with Crippen LogP contribution in [0.25, 0.3) is 0 Å². The van der Waals surface area contributed by atoms with Gasteiger partial charge in [-0.05, 0) is 12.8 Å². The van der Waals surface area contributed by atoms with E-state index in [9.17, 15) is 0 Å². The predicted octanol–water partition coefficient (Wildman–Crippen LogP) is 2.06. The van der Waals surface area contributed by atoms with E-state index in [1.54, 1.807) is 0 Å². The molecule has 0 N–H and O–H groups in total. The summed E-state index contributed by atoms with van der Waals surface area (Å²) < 4.78 is 13.2. The smallest absolute Gasteiger partial charge is 0.240 e. The van der Waals surface area contributed by atoms with Gasteiger partial charge in [0.05, 0.1) is 25.5 Å². The Balaban J connectivity index is 1.59. The Labute approximate surface area is 136 Å². The molecule has 2 aromatic heterocycles. The van der Waals surface area contributed by atoms with Crippen molar-refractivity contribution in [2.24, 2.45) is 5.92 Å². The largest absolute Gasteiger partial charge is 0.371 e. The molecule has 0 amide bonds. The van der Waals surface area contributed by atoms with Crippen molar-refractivity contribution in [2.45, 2.75) is 46.4 Å². The molecule has 0 bridgehead atoms. The Morgan fingerprint density at radius 1 is 1.39 bits per heavy atom. The first-order chi connectivity index (χ1) is 11.1. The maximum absolute atomic E-state index is 5.89. The zero-order chi connectivity index (χ0) is 16.2. The van der Waals surface area contributed by atoms with Crippen molar-refractivity contribution in [1.82, 2.24) is 24.8 Å². The number of hydrogen-bond donors (Lipinski definition) is 0. The minimum atomic E-state index is 0.0575. The number of rotatable bonds is 6. The third kappa shape index (κ3) is 4.17. The normalized spacial score (nSPS) is 19.6. The van der Waals surface area contributed by atoms with Gasteiger partial charge in [0.25, 0.3) is 0 Å². The molecule has 3 heterocycles. The summed E-state index contributed by atoms with van der Waals surface area (Å²) in [5, 5.41) is 8.38. The van der Waals surface area contributed by atoms with E-state index < -0.39 is 0 Å². The van der Waals surface area contributed by atoms with E-state index in [4.69, 9.17) is 9.26 Å². The van der Waals surface area contributed by atoms with Crippen LogP contribution in [-0.2, 0) is 24.2 Å². The zero-order valence-electron chi connectivity index (χ0n) is 14.1. The van der Waals surface area contributed by atoms with Gasteiger partial charge in [-0.2, -0.15) is 10.1 Å². The Morgan fingerprint density at radius 3 is 3.00 bits per heavy atom. The van der Waals surface area contributed by atoms with Gasteiger partial charge in [0.1, 0.15) is 0 Å². The second kappa shape index (κ2) is 7.23. The lowest BCUT2D eigenvalue weighted by Gasteiger charge is -2.31. The highest BCUT2D eigenvalue weighted by atomic mass is 16.5. The average Bonchev–Trinajstić information content (AvgIpc) is 3.16. The molecule has 0 spiro atoms. The van der Waals surface area contributed by atoms with Crippen molar-refractivity contribution < 1.29 is 9.26 Å². The van der Waals surface area contributed by atoms with Crippen molar-refractivity contribution in [3.63, 3.8) is 0 Å². The van der Waals surface area contributed by atoms with Crippen LogP contribution < -0.4 is 0 Å². The van der Waals surface area contributed by atoms with Gasteiger partial charge in [0.2, 0.25) is 5.89 Å². The summed E-state index contributed by atoms with van der Waals surface area (Å²) in [6, 6.07) is 0. The van der Waals surface area contributed by atoms with Crippen LogP contribution in [0.4, 0.5) is 0 Å². The van der Waals surface area contributed by atoms with Crippen LogP contribution in [0.2, 0.25) is 0 Å². The second-order valence-electron chi connectivity index (χ2n) is 6.43. The van der Waals surface area contributed by atoms with Crippen molar-refractivity contribution in [2.75, 3.05) is 19.7 Å². The van der Waals surface area contributed by atoms with Gasteiger partial charge < -0.3 is 9.26 Å². The zero-order valence-corrected chi connectivity index (χ0v) is 14.1. The van der Waals surface area contributed by atoms with Crippen LogP contribution in [0.5, 0.6) is 0 Å². The van der Waals surface area contributed by atoms with Crippen molar-refractivity contribution >= 4 is 0 Å². The van der Waals surface area contributed by atoms with Gasteiger partial charge in [0.15, 0.2) is 5.82 Å². The van der Waals surface area contributed by atoms with E-state index in [1.807, 2.05) is 10.9 Å². The summed E-state index contributed by atoms with van der Waals surface area (Å²) >= 11 is 0. The highest BCUT2D eigenvalue weighted by molar-refractivity contribution is 5.09. The minimum Gasteiger partial charge on any atom is -0.371 e. The average molecular weight is 319 g/mol. The highest BCUT2D eigenvalue weighted by Gasteiger charge is 2.24. The van der Waals surface area contributed by atoms with Gasteiger partial charge in [-0.3, -0.25) is 9.58 Å². The molecule has 7 nitrogen and oxygen atoms in total. The van der Waals surface area contributed by atoms with E-state index >= 15 is 0 Å². The van der Waals surface area contributed by atoms with E-state index in [1.165, 1.54) is 0 Å². The molecule has 0 saturated carbocycles. The summed E-state index contributed by atoms with van der Waals surface area (Å²) in [4.78, 5) is 6.78. The van der Waals surface area contributed by atoms with Crippen molar-refractivity contribution in [3.8, 4) is 0 Å². The quantitative estimate of drug-likeness (QED) is 0.812. The summed E-state index contributed by atoms with van der Waals surface area (Å²) in [5.41, 5.74) is 1.13. The number of nitrogens with zero attached hydrogens (tertiary/aromatic N) is 5. The molecule has 1 atom stereocenters. The predicted molar refractivity (Wildman–Crippen MR) is 84.7 cm³/mol. The molecule has 0 aromatic carbocycles. The SMILES string of the molecule is CCn1cc([C@H]2CN(Cc3nc(CC(C)C)no3)CCO2)cn1. The third-order valence-corrected chi connectivity index (χ3v) is 3.96. The lowest BCUT2D eigenvalue weighted by Crippen LogP contribution is -2.37. The molecule has 1 aliphatic rings. The number of morpholine rings is 1. The second-order valence-corrected chi connectivity index (χ2v) is 6.43. The molecule has 2 aromatic rings. The Morgan fingerprint density at radius 2 is 2.26 bits per heavy atom. The van der Waals surface area contributed by atoms with Gasteiger partial charge >= 0.3 is 0 Å².